The van der Waals surface area contributed by atoms with Gasteiger partial charge in [0.05, 0.1) is 6.61 Å². The number of carbonyl (C=O) groups excluding carboxylic acids is 1. The normalized spacial score (nSPS) is 15.6. The van der Waals surface area contributed by atoms with Crippen LogP contribution in [0.15, 0.2) is 0 Å². The third kappa shape index (κ3) is 1.41. The van der Waals surface area contributed by atoms with Gasteiger partial charge in [0.15, 0.2) is 6.29 Å². The molecule has 0 aromatic rings. The van der Waals surface area contributed by atoms with Gasteiger partial charge < -0.3 is 10.2 Å². The van der Waals surface area contributed by atoms with Crippen LogP contribution < -0.4 is 0 Å². The second kappa shape index (κ2) is 3.61. The molecule has 0 bridgehead atoms. The molecule has 0 aromatic carbocycles. The summed E-state index contributed by atoms with van der Waals surface area (Å²) in [5.74, 6) is -4.16. The van der Waals surface area contributed by atoms with E-state index in [0.717, 1.165) is 0 Å². The van der Waals surface area contributed by atoms with Crippen molar-refractivity contribution in [1.82, 2.24) is 0 Å². The highest BCUT2D eigenvalue weighted by Crippen LogP contribution is 2.21. The Balaban J connectivity index is 5.52. The fraction of sp³-hybridized carbons (Fsp3) is 0.750. The first-order valence-corrected chi connectivity index (χ1v) is 3.07. The summed E-state index contributed by atoms with van der Waals surface area (Å²) in [6, 6.07) is 0. The molecule has 0 aliphatic heterocycles. The molecule has 0 aliphatic rings. The molecule has 0 heterocycles. The molecule has 0 rings (SSSR count). The van der Waals surface area contributed by atoms with Crippen LogP contribution in [0.3, 0.4) is 0 Å². The van der Waals surface area contributed by atoms with Crippen molar-refractivity contribution in [3.8, 4) is 0 Å². The molecule has 0 amide bonds. The van der Waals surface area contributed by atoms with E-state index in [0.29, 0.717) is 0 Å². The average Bonchev–Trinajstić information content (AvgIpc) is 2.14. The molecule has 3 N–H and O–H groups in total. The summed E-state index contributed by atoms with van der Waals surface area (Å²) in [5.41, 5.74) is -3.49. The van der Waals surface area contributed by atoms with Crippen molar-refractivity contribution in [1.29, 1.82) is 0 Å². The van der Waals surface area contributed by atoms with Gasteiger partial charge in [-0.1, -0.05) is 0 Å². The topological polar surface area (TPSA) is 164 Å². The van der Waals surface area contributed by atoms with E-state index < -0.39 is 34.2 Å². The molecule has 0 fully saturated rings. The molecule has 0 saturated heterocycles. The van der Waals surface area contributed by atoms with Crippen LogP contribution in [-0.4, -0.2) is 49.5 Å². The highest BCUT2D eigenvalue weighted by molar-refractivity contribution is 5.63. The van der Waals surface area contributed by atoms with E-state index in [9.17, 15) is 25.0 Å². The van der Waals surface area contributed by atoms with E-state index in [1.165, 1.54) is 0 Å². The van der Waals surface area contributed by atoms with Crippen LogP contribution in [-0.2, 0) is 4.79 Å². The van der Waals surface area contributed by atoms with Crippen molar-refractivity contribution in [2.75, 3.05) is 6.61 Å². The third-order valence-corrected chi connectivity index (χ3v) is 1.53. The molecule has 0 spiro atoms. The van der Waals surface area contributed by atoms with Crippen molar-refractivity contribution in [3.63, 3.8) is 0 Å². The summed E-state index contributed by atoms with van der Waals surface area (Å²) in [5, 5.41) is 46.4. The molecular weight excluding hydrogens is 204 g/mol. The molecule has 14 heavy (non-hydrogen) atoms. The zero-order valence-electron chi connectivity index (χ0n) is 6.56. The van der Waals surface area contributed by atoms with Gasteiger partial charge in [0.25, 0.3) is 0 Å². The first kappa shape index (κ1) is 12.3. The summed E-state index contributed by atoms with van der Waals surface area (Å²) in [7, 11) is 0. The van der Waals surface area contributed by atoms with E-state index in [1.807, 2.05) is 0 Å². The van der Waals surface area contributed by atoms with Crippen molar-refractivity contribution in [2.24, 2.45) is 0 Å². The summed E-state index contributed by atoms with van der Waals surface area (Å²) >= 11 is 0. The van der Waals surface area contributed by atoms with Crippen molar-refractivity contribution >= 4 is 6.29 Å². The number of aliphatic hydroxyl groups excluding tert-OH is 1. The SMILES string of the molecule is O=CC(O)(CO)C(O)([N+](=O)[O-])[N+](=O)[O-]. The quantitative estimate of drug-likeness (QED) is 0.188. The van der Waals surface area contributed by atoms with Gasteiger partial charge in [-0.05, 0) is 0 Å². The molecule has 0 aliphatic carbocycles. The average molecular weight is 210 g/mol. The van der Waals surface area contributed by atoms with Crippen LogP contribution >= 0.6 is 0 Å². The first-order chi connectivity index (χ1) is 6.26. The summed E-state index contributed by atoms with van der Waals surface area (Å²) in [6.45, 7) is -1.66. The Morgan fingerprint density at radius 2 is 1.57 bits per heavy atom. The van der Waals surface area contributed by atoms with Gasteiger partial charge in [0.2, 0.25) is 0 Å². The van der Waals surface area contributed by atoms with Gasteiger partial charge in [0.1, 0.15) is 9.85 Å². The Morgan fingerprint density at radius 3 is 1.64 bits per heavy atom. The summed E-state index contributed by atoms with van der Waals surface area (Å²) < 4.78 is 0. The molecule has 0 aromatic heterocycles. The monoisotopic (exact) mass is 210 g/mol. The molecular formula is C4H6N2O8. The fourth-order valence-electron chi connectivity index (χ4n) is 0.605. The van der Waals surface area contributed by atoms with E-state index in [4.69, 9.17) is 15.3 Å². The smallest absolute Gasteiger partial charge is 0.392 e. The number of carbonyl (C=O) groups is 1. The lowest BCUT2D eigenvalue weighted by Gasteiger charge is -2.21. The highest BCUT2D eigenvalue weighted by Gasteiger charge is 2.73. The van der Waals surface area contributed by atoms with Crippen LogP contribution in [0.1, 0.15) is 0 Å². The minimum absolute atomic E-state index is 0.668. The molecule has 10 heteroatoms. The number of hydrogen-bond donors (Lipinski definition) is 3. The molecule has 10 nitrogen and oxygen atoms in total. The first-order valence-electron chi connectivity index (χ1n) is 3.07. The standard InChI is InChI=1S/C4H6N2O8/c7-1-3(9,2-8)4(10,5(11)12)6(13)14/h1,8-10H,2H2. The zero-order chi connectivity index (χ0) is 11.6. The van der Waals surface area contributed by atoms with E-state index in [2.05, 4.69) is 0 Å². The number of hydrogen-bond acceptors (Lipinski definition) is 8. The van der Waals surface area contributed by atoms with E-state index in [1.54, 1.807) is 0 Å². The van der Waals surface area contributed by atoms with Crippen LogP contribution in [0.25, 0.3) is 0 Å². The predicted molar refractivity (Wildman–Crippen MR) is 37.0 cm³/mol. The number of nitro groups is 2. The van der Waals surface area contributed by atoms with Gasteiger partial charge in [-0.15, -0.1) is 0 Å². The Bertz CT molecular complexity index is 263. The maximum atomic E-state index is 10.1. The number of nitrogens with zero attached hydrogens (tertiary/aromatic N) is 2. The molecule has 0 radical (unpaired) electrons. The summed E-state index contributed by atoms with van der Waals surface area (Å²) in [6.07, 6.45) is -0.668. The van der Waals surface area contributed by atoms with Crippen molar-refractivity contribution in [2.45, 2.75) is 11.4 Å². The van der Waals surface area contributed by atoms with E-state index >= 15 is 0 Å². The molecule has 1 atom stereocenters. The number of rotatable bonds is 5. The lowest BCUT2D eigenvalue weighted by molar-refractivity contribution is -0.862. The molecule has 0 saturated carbocycles. The van der Waals surface area contributed by atoms with E-state index in [-0.39, 0.29) is 0 Å². The number of aliphatic hydroxyl groups is 3. The maximum absolute atomic E-state index is 10.1. The fourth-order valence-corrected chi connectivity index (χ4v) is 0.605. The molecule has 1 unspecified atom stereocenters. The number of aldehydes is 1. The summed E-state index contributed by atoms with van der Waals surface area (Å²) in [4.78, 5) is 26.6. The van der Waals surface area contributed by atoms with Crippen LogP contribution in [0.2, 0.25) is 0 Å². The van der Waals surface area contributed by atoms with Gasteiger partial charge in [-0.3, -0.25) is 30.1 Å². The van der Waals surface area contributed by atoms with Crippen LogP contribution in [0, 0.1) is 20.2 Å². The molecule has 80 valence electrons. The minimum atomic E-state index is -4.16. The third-order valence-electron chi connectivity index (χ3n) is 1.53. The minimum Gasteiger partial charge on any atom is -0.392 e. The zero-order valence-corrected chi connectivity index (χ0v) is 6.56. The van der Waals surface area contributed by atoms with Crippen molar-refractivity contribution < 1.29 is 30.0 Å². The predicted octanol–water partition coefficient (Wildman–Crippen LogP) is -2.89. The Morgan fingerprint density at radius 1 is 1.21 bits per heavy atom. The second-order valence-electron chi connectivity index (χ2n) is 2.35. The maximum Gasteiger partial charge on any atom is 0.614 e. The second-order valence-corrected chi connectivity index (χ2v) is 2.35. The van der Waals surface area contributed by atoms with Gasteiger partial charge in [0, 0.05) is 0 Å². The van der Waals surface area contributed by atoms with Crippen LogP contribution in [0.5, 0.6) is 0 Å². The Hall–Kier alpha value is -1.65. The highest BCUT2D eigenvalue weighted by atomic mass is 16.7. The van der Waals surface area contributed by atoms with Gasteiger partial charge in [-0.2, -0.15) is 0 Å². The van der Waals surface area contributed by atoms with Gasteiger partial charge >= 0.3 is 11.4 Å². The van der Waals surface area contributed by atoms with Gasteiger partial charge in [-0.25, -0.2) is 0 Å². The Labute approximate surface area is 75.7 Å². The largest absolute Gasteiger partial charge is 0.614 e. The van der Waals surface area contributed by atoms with Crippen molar-refractivity contribution in [3.05, 3.63) is 20.2 Å². The Kier molecular flexibility index (Phi) is 3.19. The van der Waals surface area contributed by atoms with Crippen LogP contribution in [0.4, 0.5) is 0 Å². The lowest BCUT2D eigenvalue weighted by atomic mass is 10.0. The lowest BCUT2D eigenvalue weighted by Crippen LogP contribution is -2.67.